The van der Waals surface area contributed by atoms with Crippen molar-refractivity contribution in [3.63, 3.8) is 0 Å². The molecule has 0 aromatic heterocycles. The lowest BCUT2D eigenvalue weighted by Gasteiger charge is -2.21. The molecule has 0 aromatic rings. The van der Waals surface area contributed by atoms with E-state index in [2.05, 4.69) is 19.2 Å². The van der Waals surface area contributed by atoms with Crippen molar-refractivity contribution in [3.8, 4) is 0 Å². The molecule has 1 heterocycles. The predicted octanol–water partition coefficient (Wildman–Crippen LogP) is 0.954. The van der Waals surface area contributed by atoms with Crippen molar-refractivity contribution in [3.05, 3.63) is 0 Å². The third kappa shape index (κ3) is 2.11. The average molecular weight is 244 g/mol. The molecule has 0 bridgehead atoms. The molecular formula is C10H16N2O3S. The van der Waals surface area contributed by atoms with E-state index < -0.39 is 12.0 Å². The molecule has 5 nitrogen and oxygen atoms in total. The van der Waals surface area contributed by atoms with E-state index in [1.807, 2.05) is 0 Å². The average Bonchev–Trinajstić information content (AvgIpc) is 2.68. The van der Waals surface area contributed by atoms with Gasteiger partial charge in [-0.05, 0) is 11.8 Å². The highest BCUT2D eigenvalue weighted by Gasteiger charge is 2.48. The summed E-state index contributed by atoms with van der Waals surface area (Å²) in [5, 5.41) is 11.8. The second-order valence-electron chi connectivity index (χ2n) is 5.02. The maximum atomic E-state index is 11.8. The van der Waals surface area contributed by atoms with Gasteiger partial charge in [0.2, 0.25) is 0 Å². The normalized spacial score (nSPS) is 31.2. The minimum Gasteiger partial charge on any atom is -0.480 e. The van der Waals surface area contributed by atoms with Gasteiger partial charge in [0, 0.05) is 11.8 Å². The Morgan fingerprint density at radius 3 is 2.62 bits per heavy atom. The molecule has 2 amide bonds. The third-order valence-electron chi connectivity index (χ3n) is 3.24. The van der Waals surface area contributed by atoms with Crippen LogP contribution in [0.4, 0.5) is 4.79 Å². The van der Waals surface area contributed by atoms with Gasteiger partial charge in [-0.15, -0.1) is 11.8 Å². The molecule has 2 aliphatic rings. The number of nitrogens with one attached hydrogen (secondary N) is 1. The number of hydrogen-bond acceptors (Lipinski definition) is 3. The second kappa shape index (κ2) is 3.84. The van der Waals surface area contributed by atoms with Crippen LogP contribution in [0.2, 0.25) is 0 Å². The molecule has 1 aliphatic heterocycles. The predicted molar refractivity (Wildman–Crippen MR) is 61.3 cm³/mol. The van der Waals surface area contributed by atoms with Crippen LogP contribution in [-0.4, -0.2) is 45.7 Å². The molecule has 90 valence electrons. The van der Waals surface area contributed by atoms with Gasteiger partial charge in [0.15, 0.2) is 0 Å². The van der Waals surface area contributed by atoms with Gasteiger partial charge in [-0.3, -0.25) is 0 Å². The Balaban J connectivity index is 1.92. The number of amides is 2. The zero-order valence-corrected chi connectivity index (χ0v) is 10.2. The summed E-state index contributed by atoms with van der Waals surface area (Å²) < 4.78 is 0. The first-order valence-electron chi connectivity index (χ1n) is 5.29. The molecular weight excluding hydrogens is 228 g/mol. The number of carboxylic acid groups (broad SMARTS) is 1. The molecule has 1 unspecified atom stereocenters. The van der Waals surface area contributed by atoms with Gasteiger partial charge in [0.05, 0.1) is 5.88 Å². The number of carbonyl (C=O) groups is 2. The second-order valence-corrected chi connectivity index (χ2v) is 6.02. The lowest BCUT2D eigenvalue weighted by molar-refractivity contribution is -0.140. The summed E-state index contributed by atoms with van der Waals surface area (Å²) >= 11 is 1.48. The molecule has 6 heteroatoms. The van der Waals surface area contributed by atoms with Crippen LogP contribution in [0.3, 0.4) is 0 Å². The zero-order chi connectivity index (χ0) is 11.9. The summed E-state index contributed by atoms with van der Waals surface area (Å²) in [6.45, 7) is 4.18. The molecule has 1 aliphatic carbocycles. The maximum Gasteiger partial charge on any atom is 0.327 e. The quantitative estimate of drug-likeness (QED) is 0.759. The van der Waals surface area contributed by atoms with Gasteiger partial charge in [0.25, 0.3) is 0 Å². The third-order valence-corrected chi connectivity index (χ3v) is 4.25. The van der Waals surface area contributed by atoms with Gasteiger partial charge in [-0.25, -0.2) is 9.59 Å². The maximum absolute atomic E-state index is 11.8. The molecule has 16 heavy (non-hydrogen) atoms. The topological polar surface area (TPSA) is 69.6 Å². The molecule has 1 saturated carbocycles. The van der Waals surface area contributed by atoms with Gasteiger partial charge < -0.3 is 15.3 Å². The van der Waals surface area contributed by atoms with E-state index in [-0.39, 0.29) is 17.5 Å². The molecule has 2 fully saturated rings. The number of hydrogen-bond donors (Lipinski definition) is 2. The van der Waals surface area contributed by atoms with Gasteiger partial charge in [0.1, 0.15) is 6.04 Å². The standard InChI is InChI=1S/C10H16N2O3S/c1-10(2)3-7(10)11-9(15)12-5-16-4-6(12)8(13)14/h6-7H,3-5H2,1-2H3,(H,11,15)(H,13,14)/t6-,7?/m0/s1. The zero-order valence-electron chi connectivity index (χ0n) is 9.40. The van der Waals surface area contributed by atoms with Gasteiger partial charge >= 0.3 is 12.0 Å². The summed E-state index contributed by atoms with van der Waals surface area (Å²) in [4.78, 5) is 24.2. The van der Waals surface area contributed by atoms with Crippen molar-refractivity contribution >= 4 is 23.8 Å². The van der Waals surface area contributed by atoms with Crippen molar-refractivity contribution in [2.45, 2.75) is 32.4 Å². The summed E-state index contributed by atoms with van der Waals surface area (Å²) in [7, 11) is 0. The van der Waals surface area contributed by atoms with Crippen molar-refractivity contribution in [1.29, 1.82) is 0 Å². The van der Waals surface area contributed by atoms with Gasteiger partial charge in [-0.2, -0.15) is 0 Å². The number of rotatable bonds is 2. The van der Waals surface area contributed by atoms with Crippen LogP contribution in [-0.2, 0) is 4.79 Å². The smallest absolute Gasteiger partial charge is 0.327 e. The molecule has 0 spiro atoms. The summed E-state index contributed by atoms with van der Waals surface area (Å²) in [6.07, 6.45) is 0.970. The summed E-state index contributed by atoms with van der Waals surface area (Å²) in [5.41, 5.74) is 0.168. The molecule has 2 atom stereocenters. The van der Waals surface area contributed by atoms with E-state index in [1.165, 1.54) is 16.7 Å². The highest BCUT2D eigenvalue weighted by molar-refractivity contribution is 7.99. The van der Waals surface area contributed by atoms with E-state index in [1.54, 1.807) is 0 Å². The fourth-order valence-electron chi connectivity index (χ4n) is 1.79. The first kappa shape index (κ1) is 11.6. The Bertz CT molecular complexity index is 332. The first-order chi connectivity index (χ1) is 7.42. The number of thioether (sulfide) groups is 1. The molecule has 2 rings (SSSR count). The number of carbonyl (C=O) groups excluding carboxylic acids is 1. The summed E-state index contributed by atoms with van der Waals surface area (Å²) in [5.74, 6) is 0.0300. The lowest BCUT2D eigenvalue weighted by Crippen LogP contribution is -2.48. The van der Waals surface area contributed by atoms with E-state index >= 15 is 0 Å². The van der Waals surface area contributed by atoms with Gasteiger partial charge in [-0.1, -0.05) is 13.8 Å². The minimum absolute atomic E-state index is 0.168. The van der Waals surface area contributed by atoms with Crippen LogP contribution in [0.1, 0.15) is 20.3 Å². The largest absolute Gasteiger partial charge is 0.480 e. The fourth-order valence-corrected chi connectivity index (χ4v) is 2.94. The SMILES string of the molecule is CC1(C)CC1NC(=O)N1CSC[C@H]1C(=O)O. The molecule has 2 N–H and O–H groups in total. The first-order valence-corrected chi connectivity index (χ1v) is 6.45. The Kier molecular flexibility index (Phi) is 2.77. The number of nitrogens with zero attached hydrogens (tertiary/aromatic N) is 1. The van der Waals surface area contributed by atoms with Crippen LogP contribution in [0.5, 0.6) is 0 Å². The number of carboxylic acids is 1. The van der Waals surface area contributed by atoms with Crippen molar-refractivity contribution < 1.29 is 14.7 Å². The number of aliphatic carboxylic acids is 1. The molecule has 1 saturated heterocycles. The van der Waals surface area contributed by atoms with Crippen LogP contribution >= 0.6 is 11.8 Å². The minimum atomic E-state index is -0.921. The molecule has 0 aromatic carbocycles. The van der Waals surface area contributed by atoms with Crippen LogP contribution < -0.4 is 5.32 Å². The Labute approximate surface area is 98.6 Å². The Morgan fingerprint density at radius 2 is 2.12 bits per heavy atom. The Hall–Kier alpha value is -0.910. The van der Waals surface area contributed by atoms with Crippen molar-refractivity contribution in [1.82, 2.24) is 10.2 Å². The highest BCUT2D eigenvalue weighted by atomic mass is 32.2. The van der Waals surface area contributed by atoms with E-state index in [0.717, 1.165) is 6.42 Å². The molecule has 0 radical (unpaired) electrons. The monoisotopic (exact) mass is 244 g/mol. The van der Waals surface area contributed by atoms with Crippen LogP contribution in [0.25, 0.3) is 0 Å². The summed E-state index contributed by atoms with van der Waals surface area (Å²) in [6, 6.07) is -0.722. The Morgan fingerprint density at radius 1 is 1.50 bits per heavy atom. The van der Waals surface area contributed by atoms with E-state index in [9.17, 15) is 9.59 Å². The van der Waals surface area contributed by atoms with E-state index in [4.69, 9.17) is 5.11 Å². The van der Waals surface area contributed by atoms with E-state index in [0.29, 0.717) is 11.6 Å². The van der Waals surface area contributed by atoms with Crippen molar-refractivity contribution in [2.24, 2.45) is 5.41 Å². The fraction of sp³-hybridized carbons (Fsp3) is 0.800. The number of urea groups is 1. The van der Waals surface area contributed by atoms with Crippen molar-refractivity contribution in [2.75, 3.05) is 11.6 Å². The highest BCUT2D eigenvalue weighted by Crippen LogP contribution is 2.44. The van der Waals surface area contributed by atoms with Crippen LogP contribution in [0, 0.1) is 5.41 Å². The van der Waals surface area contributed by atoms with Crippen LogP contribution in [0.15, 0.2) is 0 Å². The lowest BCUT2D eigenvalue weighted by atomic mass is 10.2.